The Morgan fingerprint density at radius 3 is 2.28 bits per heavy atom. The molecule has 0 unspecified atom stereocenters. The quantitative estimate of drug-likeness (QED) is 0.215. The molecule has 3 aromatic rings. The lowest BCUT2D eigenvalue weighted by Gasteiger charge is -2.05. The summed E-state index contributed by atoms with van der Waals surface area (Å²) in [5, 5.41) is 2.12. The molecule has 0 aliphatic heterocycles. The van der Waals surface area contributed by atoms with E-state index in [2.05, 4.69) is 75.4 Å². The summed E-state index contributed by atoms with van der Waals surface area (Å²) in [6.07, 6.45) is 6.17. The highest BCUT2D eigenvalue weighted by Gasteiger charge is 2.04. The molecule has 3 rings (SSSR count). The minimum absolute atomic E-state index is 0.0314. The molecule has 0 spiro atoms. The molecule has 0 aliphatic carbocycles. The zero-order valence-electron chi connectivity index (χ0n) is 16.2. The zero-order chi connectivity index (χ0) is 20.5. The molecule has 0 bridgehead atoms. The van der Waals surface area contributed by atoms with Crippen molar-refractivity contribution < 1.29 is 4.39 Å². The summed E-state index contributed by atoms with van der Waals surface area (Å²) < 4.78 is 13.9. The summed E-state index contributed by atoms with van der Waals surface area (Å²) in [5.74, 6) is 4.91. The number of benzene rings is 2. The fraction of sp³-hybridized carbons (Fsp3) is 0.208. The highest BCUT2D eigenvalue weighted by atomic mass is 32.1. The Hall–Kier alpha value is -3.19. The molecule has 2 aromatic carbocycles. The summed E-state index contributed by atoms with van der Waals surface area (Å²) in [6, 6.07) is 16.5. The summed E-state index contributed by atoms with van der Waals surface area (Å²) >= 11 is 4.46. The van der Waals surface area contributed by atoms with Gasteiger partial charge in [-0.15, -0.1) is 0 Å². The lowest BCUT2D eigenvalue weighted by Crippen LogP contribution is -1.93. The maximum atomic E-state index is 13.9. The van der Waals surface area contributed by atoms with Crippen LogP contribution in [0.1, 0.15) is 43.0 Å². The van der Waals surface area contributed by atoms with Crippen molar-refractivity contribution in [3.05, 3.63) is 77.5 Å². The van der Waals surface area contributed by atoms with Crippen molar-refractivity contribution in [1.29, 1.82) is 0 Å². The Morgan fingerprint density at radius 2 is 1.66 bits per heavy atom. The van der Waals surface area contributed by atoms with Gasteiger partial charge in [0.25, 0.3) is 0 Å². The standard InChI is InChI=1S/C24H20FN3S/c1-2-3-4-5-18-6-11-20(12-7-18)21-13-8-19(9-14-21)10-15-22-24(25)28-23(16-26-22)27-17-29/h6-9,11-14,16H,2-5H2,1H3. The van der Waals surface area contributed by atoms with Gasteiger partial charge in [0.2, 0.25) is 5.95 Å². The van der Waals surface area contributed by atoms with Crippen molar-refractivity contribution in [3.63, 3.8) is 0 Å². The largest absolute Gasteiger partial charge is 0.249 e. The molecule has 1 heterocycles. The van der Waals surface area contributed by atoms with E-state index in [1.54, 1.807) is 0 Å². The van der Waals surface area contributed by atoms with E-state index in [-0.39, 0.29) is 11.5 Å². The number of thiocarbonyl (C=S) groups is 1. The highest BCUT2D eigenvalue weighted by Crippen LogP contribution is 2.21. The van der Waals surface area contributed by atoms with Crippen LogP contribution >= 0.6 is 12.2 Å². The number of aryl methyl sites for hydroxylation is 1. The van der Waals surface area contributed by atoms with Crippen LogP contribution in [-0.2, 0) is 6.42 Å². The SMILES string of the molecule is CCCCCc1ccc(-c2ccc(C#Cc3ncc(N=C=S)nc3F)cc2)cc1. The number of nitrogens with zero attached hydrogens (tertiary/aromatic N) is 3. The topological polar surface area (TPSA) is 38.1 Å². The molecule has 0 saturated heterocycles. The molecule has 1 aromatic heterocycles. The van der Waals surface area contributed by atoms with E-state index in [1.165, 1.54) is 31.0 Å². The van der Waals surface area contributed by atoms with Crippen LogP contribution in [0, 0.1) is 17.8 Å². The predicted octanol–water partition coefficient (Wildman–Crippen LogP) is 6.15. The maximum absolute atomic E-state index is 13.9. The van der Waals surface area contributed by atoms with E-state index in [0.29, 0.717) is 0 Å². The van der Waals surface area contributed by atoms with E-state index < -0.39 is 5.95 Å². The van der Waals surface area contributed by atoms with Gasteiger partial charge in [0.05, 0.1) is 11.4 Å². The van der Waals surface area contributed by atoms with Crippen LogP contribution in [0.4, 0.5) is 10.2 Å². The van der Waals surface area contributed by atoms with Gasteiger partial charge in [0.1, 0.15) is 0 Å². The second-order valence-electron chi connectivity index (χ2n) is 6.55. The second kappa shape index (κ2) is 10.4. The molecule has 0 fully saturated rings. The van der Waals surface area contributed by atoms with Crippen LogP contribution < -0.4 is 0 Å². The van der Waals surface area contributed by atoms with Crippen molar-refractivity contribution in [3.8, 4) is 23.0 Å². The minimum atomic E-state index is -0.778. The predicted molar refractivity (Wildman–Crippen MR) is 118 cm³/mol. The van der Waals surface area contributed by atoms with E-state index in [0.717, 1.165) is 23.1 Å². The van der Waals surface area contributed by atoms with Crippen LogP contribution in [0.15, 0.2) is 59.7 Å². The Morgan fingerprint density at radius 1 is 0.966 bits per heavy atom. The van der Waals surface area contributed by atoms with Crippen molar-refractivity contribution in [2.75, 3.05) is 0 Å². The molecule has 0 atom stereocenters. The van der Waals surface area contributed by atoms with E-state index in [4.69, 9.17) is 0 Å². The van der Waals surface area contributed by atoms with E-state index in [9.17, 15) is 4.39 Å². The third-order valence-electron chi connectivity index (χ3n) is 4.44. The Bertz CT molecular complexity index is 1070. The molecule has 0 aliphatic rings. The number of hydrogen-bond donors (Lipinski definition) is 0. The van der Waals surface area contributed by atoms with Crippen LogP contribution in [0.3, 0.4) is 0 Å². The van der Waals surface area contributed by atoms with Gasteiger partial charge in [-0.25, -0.2) is 4.98 Å². The van der Waals surface area contributed by atoms with Crippen molar-refractivity contribution in [2.45, 2.75) is 32.6 Å². The Balaban J connectivity index is 1.70. The molecular formula is C24H20FN3S. The average molecular weight is 402 g/mol. The Labute approximate surface area is 175 Å². The molecule has 0 saturated carbocycles. The van der Waals surface area contributed by atoms with Gasteiger partial charge in [-0.3, -0.25) is 0 Å². The first-order valence-corrected chi connectivity index (χ1v) is 9.92. The number of isothiocyanates is 1. The highest BCUT2D eigenvalue weighted by molar-refractivity contribution is 7.78. The van der Waals surface area contributed by atoms with Gasteiger partial charge >= 0.3 is 0 Å². The van der Waals surface area contributed by atoms with Crippen LogP contribution in [-0.4, -0.2) is 15.1 Å². The van der Waals surface area contributed by atoms with Gasteiger partial charge < -0.3 is 0 Å². The lowest BCUT2D eigenvalue weighted by molar-refractivity contribution is 0.573. The van der Waals surface area contributed by atoms with Gasteiger partial charge in [0.15, 0.2) is 11.5 Å². The molecule has 144 valence electrons. The fourth-order valence-corrected chi connectivity index (χ4v) is 2.96. The number of rotatable bonds is 6. The Kier molecular flexibility index (Phi) is 7.35. The molecule has 29 heavy (non-hydrogen) atoms. The van der Waals surface area contributed by atoms with Crippen LogP contribution in [0.2, 0.25) is 0 Å². The van der Waals surface area contributed by atoms with Gasteiger partial charge in [0, 0.05) is 5.56 Å². The number of hydrogen-bond acceptors (Lipinski definition) is 4. The summed E-state index contributed by atoms with van der Waals surface area (Å²) in [6.45, 7) is 2.22. The van der Waals surface area contributed by atoms with Crippen LogP contribution in [0.25, 0.3) is 11.1 Å². The molecule has 3 nitrogen and oxygen atoms in total. The summed E-state index contributed by atoms with van der Waals surface area (Å²) in [7, 11) is 0. The third kappa shape index (κ3) is 5.89. The second-order valence-corrected chi connectivity index (χ2v) is 6.73. The average Bonchev–Trinajstić information content (AvgIpc) is 2.75. The van der Waals surface area contributed by atoms with E-state index >= 15 is 0 Å². The minimum Gasteiger partial charge on any atom is -0.239 e. The summed E-state index contributed by atoms with van der Waals surface area (Å²) in [4.78, 5) is 11.1. The zero-order valence-corrected chi connectivity index (χ0v) is 17.0. The van der Waals surface area contributed by atoms with Gasteiger partial charge in [-0.2, -0.15) is 14.4 Å². The van der Waals surface area contributed by atoms with Crippen molar-refractivity contribution >= 4 is 23.2 Å². The van der Waals surface area contributed by atoms with Crippen LogP contribution in [0.5, 0.6) is 0 Å². The smallest absolute Gasteiger partial charge is 0.239 e. The van der Waals surface area contributed by atoms with Gasteiger partial charge in [-0.05, 0) is 59.8 Å². The maximum Gasteiger partial charge on any atom is 0.249 e. The molecule has 0 amide bonds. The molecule has 0 N–H and O–H groups in total. The molecule has 0 radical (unpaired) electrons. The third-order valence-corrected chi connectivity index (χ3v) is 4.54. The van der Waals surface area contributed by atoms with Gasteiger partial charge in [-0.1, -0.05) is 62.1 Å². The fourth-order valence-electron chi connectivity index (χ4n) is 2.86. The van der Waals surface area contributed by atoms with Crippen molar-refractivity contribution in [2.24, 2.45) is 4.99 Å². The first kappa shape index (κ1) is 20.5. The lowest BCUT2D eigenvalue weighted by atomic mass is 10.0. The molecular weight excluding hydrogens is 381 g/mol. The number of aromatic nitrogens is 2. The number of unbranched alkanes of at least 4 members (excludes halogenated alkanes) is 2. The number of aliphatic imine (C=N–C) groups is 1. The summed E-state index contributed by atoms with van der Waals surface area (Å²) in [5.41, 5.74) is 4.39. The van der Waals surface area contributed by atoms with E-state index in [1.807, 2.05) is 24.3 Å². The van der Waals surface area contributed by atoms with Crippen molar-refractivity contribution in [1.82, 2.24) is 9.97 Å². The molecule has 5 heteroatoms. The number of halogens is 1. The first-order chi connectivity index (χ1) is 14.2. The first-order valence-electron chi connectivity index (χ1n) is 9.51. The normalized spacial score (nSPS) is 10.0. The monoisotopic (exact) mass is 401 g/mol.